The SMILES string of the molecule is NC1CCN(c2cc3nccc(-c4cccc(NC(=O)c5cccc(C(F)(F)F)c5)c4)n3n2)C1. The van der Waals surface area contributed by atoms with E-state index in [1.165, 1.54) is 12.1 Å². The van der Waals surface area contributed by atoms with Gasteiger partial charge in [0.2, 0.25) is 0 Å². The molecule has 4 aromatic rings. The number of carbonyl (C=O) groups is 1. The summed E-state index contributed by atoms with van der Waals surface area (Å²) in [6.45, 7) is 1.56. The fourth-order valence-electron chi connectivity index (χ4n) is 4.05. The fourth-order valence-corrected chi connectivity index (χ4v) is 4.05. The molecule has 0 radical (unpaired) electrons. The number of alkyl halides is 3. The molecule has 0 aliphatic carbocycles. The maximum atomic E-state index is 13.0. The number of amides is 1. The molecule has 1 aliphatic heterocycles. The lowest BCUT2D eigenvalue weighted by molar-refractivity contribution is -0.137. The van der Waals surface area contributed by atoms with Crippen LogP contribution in [-0.4, -0.2) is 39.6 Å². The Labute approximate surface area is 193 Å². The third-order valence-electron chi connectivity index (χ3n) is 5.76. The number of nitrogens with zero attached hydrogens (tertiary/aromatic N) is 4. The maximum Gasteiger partial charge on any atom is 0.416 e. The van der Waals surface area contributed by atoms with Gasteiger partial charge in [-0.05, 0) is 42.8 Å². The second-order valence-corrected chi connectivity index (χ2v) is 8.21. The van der Waals surface area contributed by atoms with Crippen molar-refractivity contribution in [3.63, 3.8) is 0 Å². The molecule has 1 atom stereocenters. The minimum absolute atomic E-state index is 0.0768. The molecular weight excluding hydrogens is 445 g/mol. The van der Waals surface area contributed by atoms with Gasteiger partial charge in [-0.3, -0.25) is 4.79 Å². The summed E-state index contributed by atoms with van der Waals surface area (Å²) in [6.07, 6.45) is -1.94. The Hall–Kier alpha value is -3.92. The van der Waals surface area contributed by atoms with Crippen LogP contribution in [0.15, 0.2) is 66.9 Å². The zero-order chi connectivity index (χ0) is 23.9. The van der Waals surface area contributed by atoms with E-state index in [-0.39, 0.29) is 11.6 Å². The number of hydrogen-bond acceptors (Lipinski definition) is 5. The van der Waals surface area contributed by atoms with Gasteiger partial charge < -0.3 is 16.0 Å². The molecule has 1 fully saturated rings. The van der Waals surface area contributed by atoms with Crippen LogP contribution in [0.25, 0.3) is 16.9 Å². The molecule has 1 amide bonds. The van der Waals surface area contributed by atoms with Crippen LogP contribution >= 0.6 is 0 Å². The molecule has 10 heteroatoms. The van der Waals surface area contributed by atoms with Gasteiger partial charge >= 0.3 is 6.18 Å². The minimum atomic E-state index is -4.52. The first-order chi connectivity index (χ1) is 16.3. The van der Waals surface area contributed by atoms with Crippen molar-refractivity contribution >= 4 is 23.1 Å². The number of nitrogens with one attached hydrogen (secondary N) is 1. The smallest absolute Gasteiger partial charge is 0.353 e. The summed E-state index contributed by atoms with van der Waals surface area (Å²) in [7, 11) is 0. The van der Waals surface area contributed by atoms with Crippen LogP contribution in [0.2, 0.25) is 0 Å². The largest absolute Gasteiger partial charge is 0.416 e. The van der Waals surface area contributed by atoms with E-state index in [9.17, 15) is 18.0 Å². The minimum Gasteiger partial charge on any atom is -0.353 e. The van der Waals surface area contributed by atoms with Gasteiger partial charge in [0.05, 0.1) is 11.3 Å². The maximum absolute atomic E-state index is 13.0. The van der Waals surface area contributed by atoms with Crippen LogP contribution in [0.4, 0.5) is 24.7 Å². The van der Waals surface area contributed by atoms with E-state index >= 15 is 0 Å². The van der Waals surface area contributed by atoms with Gasteiger partial charge in [0.15, 0.2) is 11.5 Å². The average molecular weight is 466 g/mol. The van der Waals surface area contributed by atoms with Crippen molar-refractivity contribution in [2.75, 3.05) is 23.3 Å². The topological polar surface area (TPSA) is 88.5 Å². The molecule has 1 aliphatic rings. The van der Waals surface area contributed by atoms with Crippen molar-refractivity contribution in [2.24, 2.45) is 5.73 Å². The molecule has 0 saturated carbocycles. The first-order valence-electron chi connectivity index (χ1n) is 10.7. The number of hydrogen-bond donors (Lipinski definition) is 2. The number of carbonyl (C=O) groups excluding carboxylic acids is 1. The summed E-state index contributed by atoms with van der Waals surface area (Å²) in [5, 5.41) is 7.38. The molecule has 3 N–H and O–H groups in total. The Morgan fingerprint density at radius 1 is 1.09 bits per heavy atom. The predicted octanol–water partition coefficient (Wildman–Crippen LogP) is 4.20. The van der Waals surface area contributed by atoms with Crippen LogP contribution in [-0.2, 0) is 6.18 Å². The molecule has 0 spiro atoms. The van der Waals surface area contributed by atoms with E-state index in [0.29, 0.717) is 11.3 Å². The van der Waals surface area contributed by atoms with Gasteiger partial charge in [-0.1, -0.05) is 18.2 Å². The van der Waals surface area contributed by atoms with Crippen LogP contribution in [0.1, 0.15) is 22.3 Å². The number of benzene rings is 2. The van der Waals surface area contributed by atoms with E-state index in [2.05, 4.69) is 15.2 Å². The summed E-state index contributed by atoms with van der Waals surface area (Å²) >= 11 is 0. The lowest BCUT2D eigenvalue weighted by Crippen LogP contribution is -2.26. The number of anilines is 2. The summed E-state index contributed by atoms with van der Waals surface area (Å²) in [6, 6.07) is 15.2. The van der Waals surface area contributed by atoms with E-state index < -0.39 is 17.6 Å². The van der Waals surface area contributed by atoms with Crippen LogP contribution < -0.4 is 16.0 Å². The number of rotatable bonds is 4. The van der Waals surface area contributed by atoms with Gasteiger partial charge in [0, 0.05) is 48.2 Å². The first-order valence-corrected chi connectivity index (χ1v) is 10.7. The molecule has 2 aromatic carbocycles. The molecule has 5 rings (SSSR count). The van der Waals surface area contributed by atoms with E-state index in [0.717, 1.165) is 48.7 Å². The highest BCUT2D eigenvalue weighted by atomic mass is 19.4. The number of fused-ring (bicyclic) bond motifs is 1. The molecule has 34 heavy (non-hydrogen) atoms. The normalized spacial score (nSPS) is 16.2. The highest BCUT2D eigenvalue weighted by Gasteiger charge is 2.31. The van der Waals surface area contributed by atoms with Gasteiger partial charge in [-0.25, -0.2) is 9.50 Å². The Balaban J connectivity index is 1.42. The Kier molecular flexibility index (Phi) is 5.45. The van der Waals surface area contributed by atoms with Crippen molar-refractivity contribution in [1.29, 1.82) is 0 Å². The summed E-state index contributed by atoms with van der Waals surface area (Å²) in [5.41, 5.74) is 7.72. The van der Waals surface area contributed by atoms with Crippen molar-refractivity contribution < 1.29 is 18.0 Å². The molecular formula is C24H21F3N6O. The van der Waals surface area contributed by atoms with Crippen molar-refractivity contribution in [1.82, 2.24) is 14.6 Å². The first kappa shape index (κ1) is 21.9. The van der Waals surface area contributed by atoms with Crippen LogP contribution in [0, 0.1) is 0 Å². The molecule has 7 nitrogen and oxygen atoms in total. The average Bonchev–Trinajstić information content (AvgIpc) is 3.44. The predicted molar refractivity (Wildman–Crippen MR) is 123 cm³/mol. The van der Waals surface area contributed by atoms with Crippen molar-refractivity contribution in [3.05, 3.63) is 78.0 Å². The Bertz CT molecular complexity index is 1370. The van der Waals surface area contributed by atoms with Gasteiger partial charge in [-0.2, -0.15) is 13.2 Å². The highest BCUT2D eigenvalue weighted by molar-refractivity contribution is 6.04. The van der Waals surface area contributed by atoms with Crippen LogP contribution in [0.5, 0.6) is 0 Å². The summed E-state index contributed by atoms with van der Waals surface area (Å²) in [4.78, 5) is 19.1. The number of aromatic nitrogens is 3. The molecule has 3 heterocycles. The number of nitrogens with two attached hydrogens (primary N) is 1. The van der Waals surface area contributed by atoms with Gasteiger partial charge in [-0.15, -0.1) is 5.10 Å². The zero-order valence-electron chi connectivity index (χ0n) is 18.0. The lowest BCUT2D eigenvalue weighted by Gasteiger charge is -2.13. The Morgan fingerprint density at radius 2 is 1.91 bits per heavy atom. The zero-order valence-corrected chi connectivity index (χ0v) is 18.0. The second-order valence-electron chi connectivity index (χ2n) is 8.21. The van der Waals surface area contributed by atoms with E-state index in [1.807, 2.05) is 18.2 Å². The Morgan fingerprint density at radius 3 is 2.68 bits per heavy atom. The van der Waals surface area contributed by atoms with Crippen molar-refractivity contribution in [3.8, 4) is 11.3 Å². The third-order valence-corrected chi connectivity index (χ3v) is 5.76. The third kappa shape index (κ3) is 4.32. The molecule has 1 unspecified atom stereocenters. The number of halogens is 3. The molecule has 174 valence electrons. The van der Waals surface area contributed by atoms with Crippen LogP contribution in [0.3, 0.4) is 0 Å². The van der Waals surface area contributed by atoms with Gasteiger partial charge in [0.1, 0.15) is 0 Å². The van der Waals surface area contributed by atoms with Gasteiger partial charge in [0.25, 0.3) is 5.91 Å². The standard InChI is InChI=1S/C24H21F3N6O/c25-24(26,27)17-5-1-4-16(11-17)23(34)30-19-6-2-3-15(12-19)20-7-9-29-21-13-22(31-33(20)21)32-10-8-18(28)14-32/h1-7,9,11-13,18H,8,10,14,28H2,(H,30,34). The van der Waals surface area contributed by atoms with Crippen molar-refractivity contribution in [2.45, 2.75) is 18.6 Å². The molecule has 0 bridgehead atoms. The lowest BCUT2D eigenvalue weighted by atomic mass is 10.1. The monoisotopic (exact) mass is 466 g/mol. The van der Waals surface area contributed by atoms with E-state index in [1.54, 1.807) is 28.9 Å². The molecule has 2 aromatic heterocycles. The van der Waals surface area contributed by atoms with E-state index in [4.69, 9.17) is 10.8 Å². The summed E-state index contributed by atoms with van der Waals surface area (Å²) < 4.78 is 40.7. The highest BCUT2D eigenvalue weighted by Crippen LogP contribution is 2.30. The second kappa shape index (κ2) is 8.45. The molecule has 1 saturated heterocycles. The summed E-state index contributed by atoms with van der Waals surface area (Å²) in [5.74, 6) is 0.164. The fraction of sp³-hybridized carbons (Fsp3) is 0.208. The quantitative estimate of drug-likeness (QED) is 0.471.